The van der Waals surface area contributed by atoms with Crippen LogP contribution < -0.4 is 10.6 Å². The van der Waals surface area contributed by atoms with Crippen LogP contribution in [0.4, 0.5) is 11.4 Å². The van der Waals surface area contributed by atoms with Crippen molar-refractivity contribution >= 4 is 29.3 Å². The van der Waals surface area contributed by atoms with E-state index < -0.39 is 0 Å². The lowest BCUT2D eigenvalue weighted by atomic mass is 10.1. The van der Waals surface area contributed by atoms with E-state index in [0.29, 0.717) is 17.9 Å². The molecule has 4 rings (SSSR count). The molecule has 2 aromatic heterocycles. The van der Waals surface area contributed by atoms with Gasteiger partial charge in [-0.2, -0.15) is 5.10 Å². The Bertz CT molecular complexity index is 1310. The molecule has 0 atom stereocenters. The molecular weight excluding hydrogens is 438 g/mol. The summed E-state index contributed by atoms with van der Waals surface area (Å²) in [7, 11) is 0. The molecule has 2 heterocycles. The van der Waals surface area contributed by atoms with E-state index in [9.17, 15) is 9.59 Å². The quantitative estimate of drug-likeness (QED) is 0.348. The monoisotopic (exact) mass is 465 g/mol. The topological polar surface area (TPSA) is 88.9 Å². The molecule has 0 saturated heterocycles. The summed E-state index contributed by atoms with van der Waals surface area (Å²) in [6.07, 6.45) is 8.63. The van der Waals surface area contributed by atoms with Crippen LogP contribution in [-0.4, -0.2) is 26.6 Å². The largest absolute Gasteiger partial charge is 0.326 e. The molecule has 2 N–H and O–H groups in total. The summed E-state index contributed by atoms with van der Waals surface area (Å²) < 4.78 is 1.86. The van der Waals surface area contributed by atoms with E-state index in [1.165, 1.54) is 6.08 Å². The van der Waals surface area contributed by atoms with Crippen LogP contribution in [0.1, 0.15) is 25.0 Å². The molecule has 0 spiro atoms. The van der Waals surface area contributed by atoms with Gasteiger partial charge in [-0.05, 0) is 48.0 Å². The molecule has 4 aromatic rings. The van der Waals surface area contributed by atoms with Gasteiger partial charge in [0.15, 0.2) is 0 Å². The first-order chi connectivity index (χ1) is 17.0. The van der Waals surface area contributed by atoms with Crippen molar-refractivity contribution in [3.05, 3.63) is 103 Å². The summed E-state index contributed by atoms with van der Waals surface area (Å²) in [6.45, 7) is 4.29. The van der Waals surface area contributed by atoms with Crippen LogP contribution >= 0.6 is 0 Å². The molecule has 2 aromatic carbocycles. The fourth-order valence-corrected chi connectivity index (χ4v) is 3.41. The lowest BCUT2D eigenvalue weighted by molar-refractivity contribution is -0.119. The molecule has 0 saturated carbocycles. The summed E-state index contributed by atoms with van der Waals surface area (Å²) >= 11 is 0. The van der Waals surface area contributed by atoms with E-state index >= 15 is 0 Å². The number of rotatable bonds is 8. The highest BCUT2D eigenvalue weighted by atomic mass is 16.2. The normalized spacial score (nSPS) is 11.1. The first kappa shape index (κ1) is 23.6. The Morgan fingerprint density at radius 3 is 2.31 bits per heavy atom. The first-order valence-electron chi connectivity index (χ1n) is 11.4. The maximum Gasteiger partial charge on any atom is 0.248 e. The van der Waals surface area contributed by atoms with Gasteiger partial charge in [-0.1, -0.05) is 44.2 Å². The van der Waals surface area contributed by atoms with Crippen molar-refractivity contribution in [2.45, 2.75) is 20.4 Å². The van der Waals surface area contributed by atoms with E-state index in [-0.39, 0.29) is 17.7 Å². The molecule has 0 fully saturated rings. The van der Waals surface area contributed by atoms with Crippen molar-refractivity contribution in [1.82, 2.24) is 14.8 Å². The number of amides is 2. The number of carbonyl (C=O) groups excluding carboxylic acids is 2. The molecule has 0 bridgehead atoms. The van der Waals surface area contributed by atoms with Gasteiger partial charge in [0.2, 0.25) is 11.8 Å². The van der Waals surface area contributed by atoms with Crippen molar-refractivity contribution in [3.8, 4) is 11.3 Å². The van der Waals surface area contributed by atoms with E-state index in [1.807, 2.05) is 67.2 Å². The van der Waals surface area contributed by atoms with Gasteiger partial charge in [0.25, 0.3) is 0 Å². The Balaban J connectivity index is 1.48. The van der Waals surface area contributed by atoms with Gasteiger partial charge < -0.3 is 10.6 Å². The van der Waals surface area contributed by atoms with Gasteiger partial charge in [-0.15, -0.1) is 0 Å². The third kappa shape index (κ3) is 6.51. The molecule has 0 radical (unpaired) electrons. The number of pyridine rings is 1. The van der Waals surface area contributed by atoms with Crippen molar-refractivity contribution in [2.75, 3.05) is 10.6 Å². The lowest BCUT2D eigenvalue weighted by Crippen LogP contribution is -2.17. The first-order valence-corrected chi connectivity index (χ1v) is 11.4. The number of nitrogens with one attached hydrogen (secondary N) is 2. The Morgan fingerprint density at radius 1 is 0.943 bits per heavy atom. The Kier molecular flexibility index (Phi) is 7.47. The Labute approximate surface area is 204 Å². The van der Waals surface area contributed by atoms with Gasteiger partial charge in [-0.25, -0.2) is 0 Å². The summed E-state index contributed by atoms with van der Waals surface area (Å²) in [6, 6.07) is 20.9. The lowest BCUT2D eigenvalue weighted by Gasteiger charge is -2.08. The second-order valence-corrected chi connectivity index (χ2v) is 8.40. The number of hydrogen-bond acceptors (Lipinski definition) is 4. The molecule has 0 aliphatic rings. The molecule has 7 nitrogen and oxygen atoms in total. The van der Waals surface area contributed by atoms with Crippen LogP contribution in [0.2, 0.25) is 0 Å². The van der Waals surface area contributed by atoms with Gasteiger partial charge in [0.1, 0.15) is 5.69 Å². The predicted molar refractivity (Wildman–Crippen MR) is 139 cm³/mol. The minimum absolute atomic E-state index is 0.0538. The highest BCUT2D eigenvalue weighted by Gasteiger charge is 2.11. The fourth-order valence-electron chi connectivity index (χ4n) is 3.41. The second-order valence-electron chi connectivity index (χ2n) is 8.40. The average Bonchev–Trinajstić information content (AvgIpc) is 3.27. The fraction of sp³-hybridized carbons (Fsp3) is 0.143. The molecule has 176 valence electrons. The van der Waals surface area contributed by atoms with Crippen molar-refractivity contribution < 1.29 is 9.59 Å². The molecule has 7 heteroatoms. The van der Waals surface area contributed by atoms with Crippen molar-refractivity contribution in [1.29, 1.82) is 0 Å². The van der Waals surface area contributed by atoms with Gasteiger partial charge >= 0.3 is 0 Å². The van der Waals surface area contributed by atoms with Crippen LogP contribution in [0.25, 0.3) is 17.3 Å². The van der Waals surface area contributed by atoms with Crippen LogP contribution in [0.5, 0.6) is 0 Å². The molecule has 0 aliphatic heterocycles. The number of hydrogen-bond donors (Lipinski definition) is 2. The maximum absolute atomic E-state index is 12.6. The summed E-state index contributed by atoms with van der Waals surface area (Å²) in [5.41, 5.74) is 4.89. The van der Waals surface area contributed by atoms with Gasteiger partial charge in [-0.3, -0.25) is 19.3 Å². The van der Waals surface area contributed by atoms with Gasteiger partial charge in [0.05, 0.1) is 6.54 Å². The van der Waals surface area contributed by atoms with Crippen LogP contribution in [0, 0.1) is 5.92 Å². The van der Waals surface area contributed by atoms with Crippen molar-refractivity contribution in [3.63, 3.8) is 0 Å². The Morgan fingerprint density at radius 2 is 1.66 bits per heavy atom. The predicted octanol–water partition coefficient (Wildman–Crippen LogP) is 5.24. The van der Waals surface area contributed by atoms with E-state index in [2.05, 4.69) is 15.6 Å². The number of nitrogens with zero attached hydrogens (tertiary/aromatic N) is 3. The maximum atomic E-state index is 12.6. The third-order valence-electron chi connectivity index (χ3n) is 5.27. The SMILES string of the molecule is CC(C)C(=O)Nc1ccc(NC(=O)/C=C/c2cn(Cc3ccccc3)nc2-c2cccnc2)cc1. The summed E-state index contributed by atoms with van der Waals surface area (Å²) in [5.74, 6) is -0.424. The minimum Gasteiger partial charge on any atom is -0.326 e. The highest BCUT2D eigenvalue weighted by molar-refractivity contribution is 6.02. The third-order valence-corrected chi connectivity index (χ3v) is 5.27. The molecule has 2 amide bonds. The van der Waals surface area contributed by atoms with Crippen LogP contribution in [-0.2, 0) is 16.1 Å². The number of anilines is 2. The summed E-state index contributed by atoms with van der Waals surface area (Å²) in [4.78, 5) is 28.6. The highest BCUT2D eigenvalue weighted by Crippen LogP contribution is 2.23. The molecular formula is C28H27N5O2. The standard InChI is InChI=1S/C28H27N5O2/c1-20(2)28(35)31-25-13-11-24(12-14-25)30-26(34)15-10-23-19-33(18-21-7-4-3-5-8-21)32-27(23)22-9-6-16-29-17-22/h3-17,19-20H,18H2,1-2H3,(H,30,34)(H,31,35)/b15-10+. The van der Waals surface area contributed by atoms with Crippen molar-refractivity contribution in [2.24, 2.45) is 5.92 Å². The van der Waals surface area contributed by atoms with Crippen LogP contribution in [0.3, 0.4) is 0 Å². The number of carbonyl (C=O) groups is 2. The molecule has 35 heavy (non-hydrogen) atoms. The van der Waals surface area contributed by atoms with Crippen LogP contribution in [0.15, 0.2) is 91.4 Å². The smallest absolute Gasteiger partial charge is 0.248 e. The number of benzene rings is 2. The minimum atomic E-state index is -0.267. The van der Waals surface area contributed by atoms with E-state index in [4.69, 9.17) is 5.10 Å². The number of aromatic nitrogens is 3. The molecule has 0 unspecified atom stereocenters. The van der Waals surface area contributed by atoms with E-state index in [1.54, 1.807) is 42.7 Å². The Hall–Kier alpha value is -4.52. The second kappa shape index (κ2) is 11.1. The van der Waals surface area contributed by atoms with E-state index in [0.717, 1.165) is 22.4 Å². The average molecular weight is 466 g/mol. The zero-order valence-electron chi connectivity index (χ0n) is 19.7. The summed E-state index contributed by atoms with van der Waals surface area (Å²) in [5, 5.41) is 10.4. The zero-order valence-corrected chi connectivity index (χ0v) is 19.7. The zero-order chi connectivity index (χ0) is 24.6. The van der Waals surface area contributed by atoms with Gasteiger partial charge in [0, 0.05) is 53.1 Å². The molecule has 0 aliphatic carbocycles.